The van der Waals surface area contributed by atoms with E-state index in [1.165, 1.54) is 44.2 Å². The maximum absolute atomic E-state index is 6.36. The molecule has 1 aliphatic carbocycles. The van der Waals surface area contributed by atoms with Crippen LogP contribution in [0.25, 0.3) is 0 Å². The molecule has 3 rings (SSSR count). The van der Waals surface area contributed by atoms with Gasteiger partial charge in [0.1, 0.15) is 0 Å². The average molecular weight is 337 g/mol. The number of rotatable bonds is 3. The second-order valence-corrected chi connectivity index (χ2v) is 7.41. The number of benzene rings is 1. The minimum Gasteiger partial charge on any atom is -0.326 e. The molecule has 20 heavy (non-hydrogen) atoms. The molecule has 4 unspecified atom stereocenters. The number of likely N-dealkylation sites (tertiary alicyclic amines) is 1. The highest BCUT2D eigenvalue weighted by atomic mass is 79.9. The highest BCUT2D eigenvalue weighted by Gasteiger charge is 2.40. The maximum atomic E-state index is 6.36. The van der Waals surface area contributed by atoms with Gasteiger partial charge in [-0.25, -0.2) is 0 Å². The molecule has 0 bridgehead atoms. The van der Waals surface area contributed by atoms with Gasteiger partial charge in [-0.2, -0.15) is 0 Å². The predicted octanol–water partition coefficient (Wildman–Crippen LogP) is 4.10. The van der Waals surface area contributed by atoms with E-state index in [2.05, 4.69) is 52.0 Å². The van der Waals surface area contributed by atoms with Crippen LogP contribution in [0.2, 0.25) is 0 Å². The van der Waals surface area contributed by atoms with Gasteiger partial charge in [0.2, 0.25) is 0 Å². The van der Waals surface area contributed by atoms with Crippen molar-refractivity contribution in [2.45, 2.75) is 57.2 Å². The topological polar surface area (TPSA) is 29.3 Å². The van der Waals surface area contributed by atoms with E-state index in [0.29, 0.717) is 6.04 Å². The fraction of sp³-hybridized carbons (Fsp3) is 0.647. The molecule has 4 atom stereocenters. The molecule has 0 spiro atoms. The van der Waals surface area contributed by atoms with Gasteiger partial charge in [0.25, 0.3) is 0 Å². The van der Waals surface area contributed by atoms with Gasteiger partial charge in [0, 0.05) is 22.6 Å². The smallest absolute Gasteiger partial charge is 0.0499 e. The number of nitrogens with zero attached hydrogens (tertiary/aromatic N) is 1. The largest absolute Gasteiger partial charge is 0.326 e. The van der Waals surface area contributed by atoms with Gasteiger partial charge in [-0.1, -0.05) is 40.9 Å². The van der Waals surface area contributed by atoms with Gasteiger partial charge >= 0.3 is 0 Å². The molecule has 1 heterocycles. The summed E-state index contributed by atoms with van der Waals surface area (Å²) in [6.07, 6.45) is 6.97. The van der Waals surface area contributed by atoms with Gasteiger partial charge in [0.15, 0.2) is 0 Å². The van der Waals surface area contributed by atoms with Crippen molar-refractivity contribution in [3.63, 3.8) is 0 Å². The Morgan fingerprint density at radius 1 is 1.15 bits per heavy atom. The highest BCUT2D eigenvalue weighted by Crippen LogP contribution is 2.41. The van der Waals surface area contributed by atoms with E-state index in [-0.39, 0.29) is 6.04 Å². The van der Waals surface area contributed by atoms with Crippen molar-refractivity contribution in [3.05, 3.63) is 34.3 Å². The van der Waals surface area contributed by atoms with Crippen LogP contribution >= 0.6 is 15.9 Å². The summed E-state index contributed by atoms with van der Waals surface area (Å²) in [4.78, 5) is 2.71. The van der Waals surface area contributed by atoms with Crippen molar-refractivity contribution in [2.75, 3.05) is 6.54 Å². The SMILES string of the molecule is CC(N)C(c1ccc(Br)cc1)N1CCC2CCCCC21. The summed E-state index contributed by atoms with van der Waals surface area (Å²) in [7, 11) is 0. The summed E-state index contributed by atoms with van der Waals surface area (Å²) in [5.41, 5.74) is 7.72. The normalized spacial score (nSPS) is 29.9. The number of hydrogen-bond donors (Lipinski definition) is 1. The molecule has 1 aromatic carbocycles. The third kappa shape index (κ3) is 2.81. The van der Waals surface area contributed by atoms with Crippen molar-refractivity contribution in [1.82, 2.24) is 4.90 Å². The number of fused-ring (bicyclic) bond motifs is 1. The van der Waals surface area contributed by atoms with Crippen molar-refractivity contribution in [3.8, 4) is 0 Å². The first kappa shape index (κ1) is 14.6. The zero-order chi connectivity index (χ0) is 14.1. The standard InChI is InChI=1S/C17H25BrN2/c1-12(19)17(14-6-8-15(18)9-7-14)20-11-10-13-4-2-3-5-16(13)20/h6-9,12-13,16-17H,2-5,10-11,19H2,1H3. The number of halogens is 1. The molecule has 1 saturated heterocycles. The van der Waals surface area contributed by atoms with Crippen molar-refractivity contribution in [1.29, 1.82) is 0 Å². The third-order valence-electron chi connectivity index (χ3n) is 5.12. The Kier molecular flexibility index (Phi) is 4.49. The van der Waals surface area contributed by atoms with Gasteiger partial charge in [-0.05, 0) is 56.3 Å². The van der Waals surface area contributed by atoms with Crippen LogP contribution in [0.1, 0.15) is 50.6 Å². The van der Waals surface area contributed by atoms with Crippen LogP contribution in [0, 0.1) is 5.92 Å². The van der Waals surface area contributed by atoms with Crippen LogP contribution in [0.3, 0.4) is 0 Å². The minimum atomic E-state index is 0.178. The second-order valence-electron chi connectivity index (χ2n) is 6.49. The molecule has 0 radical (unpaired) electrons. The zero-order valence-corrected chi connectivity index (χ0v) is 13.8. The quantitative estimate of drug-likeness (QED) is 0.900. The zero-order valence-electron chi connectivity index (χ0n) is 12.3. The van der Waals surface area contributed by atoms with Gasteiger partial charge in [0.05, 0.1) is 0 Å². The third-order valence-corrected chi connectivity index (χ3v) is 5.65. The highest BCUT2D eigenvalue weighted by molar-refractivity contribution is 9.10. The molecule has 2 N–H and O–H groups in total. The van der Waals surface area contributed by atoms with E-state index in [1.807, 2.05) is 0 Å². The fourth-order valence-electron chi connectivity index (χ4n) is 4.24. The lowest BCUT2D eigenvalue weighted by Gasteiger charge is -2.39. The second kappa shape index (κ2) is 6.17. The van der Waals surface area contributed by atoms with Crippen LogP contribution < -0.4 is 5.73 Å². The van der Waals surface area contributed by atoms with E-state index in [0.717, 1.165) is 16.4 Å². The lowest BCUT2D eigenvalue weighted by Crippen LogP contribution is -2.44. The van der Waals surface area contributed by atoms with Gasteiger partial charge in [-0.15, -0.1) is 0 Å². The molecule has 0 amide bonds. The van der Waals surface area contributed by atoms with Crippen molar-refractivity contribution < 1.29 is 0 Å². The maximum Gasteiger partial charge on any atom is 0.0499 e. The van der Waals surface area contributed by atoms with E-state index in [9.17, 15) is 0 Å². The average Bonchev–Trinajstić information content (AvgIpc) is 2.85. The number of hydrogen-bond acceptors (Lipinski definition) is 2. The molecule has 1 saturated carbocycles. The van der Waals surface area contributed by atoms with Gasteiger partial charge in [-0.3, -0.25) is 4.90 Å². The molecule has 3 heteroatoms. The predicted molar refractivity (Wildman–Crippen MR) is 87.6 cm³/mol. The molecule has 1 aromatic rings. The molecule has 2 nitrogen and oxygen atoms in total. The molecular formula is C17H25BrN2. The first-order valence-corrected chi connectivity index (χ1v) is 8.73. The van der Waals surface area contributed by atoms with E-state index < -0.39 is 0 Å². The Labute approximate surface area is 130 Å². The van der Waals surface area contributed by atoms with Crippen molar-refractivity contribution >= 4 is 15.9 Å². The van der Waals surface area contributed by atoms with Crippen molar-refractivity contribution in [2.24, 2.45) is 11.7 Å². The summed E-state index contributed by atoms with van der Waals surface area (Å²) < 4.78 is 1.14. The molecule has 1 aliphatic heterocycles. The first-order valence-electron chi connectivity index (χ1n) is 7.93. The minimum absolute atomic E-state index is 0.178. The molecule has 110 valence electrons. The Balaban J connectivity index is 1.85. The Morgan fingerprint density at radius 3 is 2.55 bits per heavy atom. The van der Waals surface area contributed by atoms with Crippen LogP contribution in [-0.4, -0.2) is 23.5 Å². The van der Waals surface area contributed by atoms with Gasteiger partial charge < -0.3 is 5.73 Å². The Hall–Kier alpha value is -0.380. The summed E-state index contributed by atoms with van der Waals surface area (Å²) in [5.74, 6) is 0.917. The van der Waals surface area contributed by atoms with Crippen LogP contribution in [-0.2, 0) is 0 Å². The monoisotopic (exact) mass is 336 g/mol. The summed E-state index contributed by atoms with van der Waals surface area (Å²) in [6.45, 7) is 3.38. The molecular weight excluding hydrogens is 312 g/mol. The first-order chi connectivity index (χ1) is 9.66. The van der Waals surface area contributed by atoms with Crippen LogP contribution in [0.4, 0.5) is 0 Å². The molecule has 2 fully saturated rings. The Morgan fingerprint density at radius 2 is 1.85 bits per heavy atom. The van der Waals surface area contributed by atoms with E-state index >= 15 is 0 Å². The van der Waals surface area contributed by atoms with Crippen LogP contribution in [0.5, 0.6) is 0 Å². The lowest BCUT2D eigenvalue weighted by molar-refractivity contribution is 0.119. The lowest BCUT2D eigenvalue weighted by atomic mass is 9.84. The van der Waals surface area contributed by atoms with E-state index in [4.69, 9.17) is 5.73 Å². The Bertz CT molecular complexity index is 443. The fourth-order valence-corrected chi connectivity index (χ4v) is 4.51. The summed E-state index contributed by atoms with van der Waals surface area (Å²) in [6, 6.07) is 10.1. The molecule has 2 aliphatic rings. The number of nitrogens with two attached hydrogens (primary N) is 1. The summed E-state index contributed by atoms with van der Waals surface area (Å²) >= 11 is 3.53. The summed E-state index contributed by atoms with van der Waals surface area (Å²) in [5, 5.41) is 0. The molecule has 0 aromatic heterocycles. The van der Waals surface area contributed by atoms with E-state index in [1.54, 1.807) is 0 Å². The van der Waals surface area contributed by atoms with Crippen LogP contribution in [0.15, 0.2) is 28.7 Å².